The summed E-state index contributed by atoms with van der Waals surface area (Å²) < 4.78 is 7.80. The predicted molar refractivity (Wildman–Crippen MR) is 213 cm³/mol. The van der Waals surface area contributed by atoms with E-state index in [0.717, 1.165) is 0 Å². The summed E-state index contributed by atoms with van der Waals surface area (Å²) in [6, 6.07) is 48.4. The van der Waals surface area contributed by atoms with Gasteiger partial charge in [0.05, 0.1) is 33.1 Å². The molecule has 0 bridgehead atoms. The molecule has 0 aliphatic carbocycles. The van der Waals surface area contributed by atoms with E-state index in [2.05, 4.69) is 157 Å². The van der Waals surface area contributed by atoms with Crippen molar-refractivity contribution >= 4 is 108 Å². The molecule has 0 N–H and O–H groups in total. The summed E-state index contributed by atoms with van der Waals surface area (Å²) in [5.74, 6) is 0. The van der Waals surface area contributed by atoms with Crippen LogP contribution in [0.15, 0.2) is 127 Å². The average Bonchev–Trinajstić information content (AvgIpc) is 3.90. The minimum Gasteiger partial charge on any atom is -0.308 e. The van der Waals surface area contributed by atoms with Crippen LogP contribution in [0.2, 0.25) is 0 Å². The number of para-hydroxylation sites is 2. The third-order valence-electron chi connectivity index (χ3n) is 11.3. The second-order valence-electron chi connectivity index (χ2n) is 15.0. The monoisotopic (exact) mass is 642 g/mol. The summed E-state index contributed by atoms with van der Waals surface area (Å²) in [7, 11) is 0. The number of rotatable bonds is 1. The first-order valence-corrected chi connectivity index (χ1v) is 18.0. The molecular weight excluding hydrogens is 613 g/mol. The van der Waals surface area contributed by atoms with Gasteiger partial charge in [-0.3, -0.25) is 0 Å². The first-order chi connectivity index (χ1) is 23.9. The number of hydrogen-bond acceptors (Lipinski definition) is 1. The Bertz CT molecular complexity index is 3340. The molecule has 7 aromatic carbocycles. The Hall–Kier alpha value is -5.64. The van der Waals surface area contributed by atoms with Crippen molar-refractivity contribution in [3.05, 3.63) is 133 Å². The molecule has 0 fully saturated rings. The first kappa shape index (κ1) is 26.3. The van der Waals surface area contributed by atoms with Crippen LogP contribution in [0.3, 0.4) is 0 Å². The Morgan fingerprint density at radius 2 is 1.04 bits per heavy atom. The van der Waals surface area contributed by atoms with Crippen molar-refractivity contribution in [2.45, 2.75) is 26.2 Å². The van der Waals surface area contributed by atoms with Gasteiger partial charge in [-0.05, 0) is 58.5 Å². The zero-order valence-corrected chi connectivity index (χ0v) is 28.2. The molecule has 0 saturated carbocycles. The van der Waals surface area contributed by atoms with E-state index < -0.39 is 0 Å². The van der Waals surface area contributed by atoms with E-state index in [1.807, 2.05) is 11.3 Å². The molecule has 2 nitrogen and oxygen atoms in total. The van der Waals surface area contributed by atoms with Gasteiger partial charge in [-0.15, -0.1) is 11.3 Å². The van der Waals surface area contributed by atoms with Gasteiger partial charge in [0.1, 0.15) is 0 Å². The number of fused-ring (bicyclic) bond motifs is 16. The van der Waals surface area contributed by atoms with Crippen LogP contribution in [0.4, 0.5) is 0 Å². The number of hydrogen-bond donors (Lipinski definition) is 0. The van der Waals surface area contributed by atoms with Gasteiger partial charge in [-0.2, -0.15) is 0 Å². The quantitative estimate of drug-likeness (QED) is 0.168. The number of nitrogens with zero attached hydrogens (tertiary/aromatic N) is 2. The molecule has 0 spiro atoms. The van der Waals surface area contributed by atoms with Gasteiger partial charge >= 0.3 is 0 Å². The van der Waals surface area contributed by atoms with Crippen LogP contribution in [0.25, 0.3) is 107 Å². The summed E-state index contributed by atoms with van der Waals surface area (Å²) in [6.45, 7) is 6.84. The highest BCUT2D eigenvalue weighted by Crippen LogP contribution is 2.49. The lowest BCUT2D eigenvalue weighted by Gasteiger charge is -2.19. The Labute approximate surface area is 285 Å². The smallest absolute Gasteiger partial charge is 0.0627 e. The third kappa shape index (κ3) is 3.18. The maximum atomic E-state index is 2.58. The topological polar surface area (TPSA) is 8.82 Å². The summed E-state index contributed by atoms with van der Waals surface area (Å²) >= 11 is 1.92. The van der Waals surface area contributed by atoms with Crippen LogP contribution in [0.1, 0.15) is 26.3 Å². The van der Waals surface area contributed by atoms with Gasteiger partial charge in [0.15, 0.2) is 0 Å². The molecule has 0 aliphatic heterocycles. The fraction of sp³-hybridized carbons (Fsp3) is 0.0870. The van der Waals surface area contributed by atoms with Crippen LogP contribution < -0.4 is 0 Å². The zero-order valence-electron chi connectivity index (χ0n) is 27.4. The van der Waals surface area contributed by atoms with E-state index in [-0.39, 0.29) is 5.41 Å². The maximum Gasteiger partial charge on any atom is 0.0627 e. The Kier molecular flexibility index (Phi) is 4.66. The molecule has 230 valence electrons. The van der Waals surface area contributed by atoms with E-state index in [0.29, 0.717) is 0 Å². The highest BCUT2D eigenvalue weighted by molar-refractivity contribution is 7.26. The lowest BCUT2D eigenvalue weighted by molar-refractivity contribution is 0.590. The fourth-order valence-corrected chi connectivity index (χ4v) is 10.2. The Morgan fingerprint density at radius 1 is 0.408 bits per heavy atom. The number of thiophene rings is 1. The van der Waals surface area contributed by atoms with Crippen LogP contribution in [0.5, 0.6) is 0 Å². The minimum absolute atomic E-state index is 0.125. The SMILES string of the molecule is CC(C)(C)c1ccc(-c2ccc3c4c5c(cc6c7cc8c(cc7n(c3c2)c64)c2cccc3c4ccccc4n8c32)sc2ccccc25)cc1. The van der Waals surface area contributed by atoms with Crippen molar-refractivity contribution in [3.8, 4) is 11.1 Å². The first-order valence-electron chi connectivity index (χ1n) is 17.2. The molecule has 12 rings (SSSR count). The molecule has 0 saturated heterocycles. The van der Waals surface area contributed by atoms with E-state index in [1.165, 1.54) is 113 Å². The summed E-state index contributed by atoms with van der Waals surface area (Å²) in [5, 5.41) is 13.4. The number of benzene rings is 7. The Morgan fingerprint density at radius 3 is 1.84 bits per heavy atom. The second-order valence-corrected chi connectivity index (χ2v) is 16.0. The van der Waals surface area contributed by atoms with E-state index >= 15 is 0 Å². The van der Waals surface area contributed by atoms with Gasteiger partial charge in [-0.1, -0.05) is 112 Å². The van der Waals surface area contributed by atoms with Crippen LogP contribution in [-0.2, 0) is 5.41 Å². The van der Waals surface area contributed by atoms with Gasteiger partial charge < -0.3 is 8.80 Å². The molecule has 5 aromatic heterocycles. The van der Waals surface area contributed by atoms with Crippen molar-refractivity contribution in [1.29, 1.82) is 0 Å². The van der Waals surface area contributed by atoms with Gasteiger partial charge in [0.2, 0.25) is 0 Å². The van der Waals surface area contributed by atoms with Gasteiger partial charge in [-0.25, -0.2) is 0 Å². The van der Waals surface area contributed by atoms with Crippen molar-refractivity contribution < 1.29 is 0 Å². The van der Waals surface area contributed by atoms with Gasteiger partial charge in [0.25, 0.3) is 0 Å². The molecule has 12 aromatic rings. The van der Waals surface area contributed by atoms with Gasteiger partial charge in [0, 0.05) is 63.3 Å². The number of aromatic nitrogens is 2. The third-order valence-corrected chi connectivity index (χ3v) is 12.4. The van der Waals surface area contributed by atoms with Crippen molar-refractivity contribution in [3.63, 3.8) is 0 Å². The highest BCUT2D eigenvalue weighted by atomic mass is 32.1. The zero-order chi connectivity index (χ0) is 32.3. The molecule has 0 amide bonds. The summed E-state index contributed by atoms with van der Waals surface area (Å²) in [4.78, 5) is 0. The molecule has 0 aliphatic rings. The lowest BCUT2D eigenvalue weighted by Crippen LogP contribution is -2.10. The molecule has 3 heteroatoms. The second kappa shape index (κ2) is 8.68. The van der Waals surface area contributed by atoms with E-state index in [4.69, 9.17) is 0 Å². The Balaban J connectivity index is 1.27. The van der Waals surface area contributed by atoms with E-state index in [9.17, 15) is 0 Å². The largest absolute Gasteiger partial charge is 0.308 e. The normalized spacial score (nSPS) is 13.2. The molecule has 49 heavy (non-hydrogen) atoms. The maximum absolute atomic E-state index is 2.58. The van der Waals surface area contributed by atoms with Crippen molar-refractivity contribution in [2.75, 3.05) is 0 Å². The van der Waals surface area contributed by atoms with Crippen molar-refractivity contribution in [1.82, 2.24) is 8.80 Å². The lowest BCUT2D eigenvalue weighted by atomic mass is 9.86. The fourth-order valence-electron chi connectivity index (χ4n) is 9.08. The molecule has 0 radical (unpaired) electrons. The minimum atomic E-state index is 0.125. The molecule has 0 atom stereocenters. The summed E-state index contributed by atoms with van der Waals surface area (Å²) in [6.07, 6.45) is 0. The van der Waals surface area contributed by atoms with Crippen LogP contribution in [-0.4, -0.2) is 8.80 Å². The highest BCUT2D eigenvalue weighted by Gasteiger charge is 2.25. The molecule has 5 heterocycles. The van der Waals surface area contributed by atoms with E-state index in [1.54, 1.807) is 0 Å². The molecular formula is C46H30N2S. The molecule has 0 unspecified atom stereocenters. The van der Waals surface area contributed by atoms with Crippen LogP contribution >= 0.6 is 11.3 Å². The average molecular weight is 643 g/mol. The standard InChI is InChI=1S/C46H30N2S/c1-46(2,3)27-18-15-25(16-19-27)26-17-20-31-37(21-26)48-39-22-33-30-12-8-11-29-28-9-4-6-13-36(28)47(44(29)30)38(33)23-34(39)35-24-41-42(43(31)45(35)48)32-10-5-7-14-40(32)49-41/h4-24H,1-3H3. The predicted octanol–water partition coefficient (Wildman–Crippen LogP) is 13.3. The van der Waals surface area contributed by atoms with Crippen molar-refractivity contribution in [2.24, 2.45) is 0 Å². The van der Waals surface area contributed by atoms with Crippen LogP contribution in [0, 0.1) is 0 Å². The summed E-state index contributed by atoms with van der Waals surface area (Å²) in [5.41, 5.74) is 11.8.